The lowest BCUT2D eigenvalue weighted by Crippen LogP contribution is -2.33. The van der Waals surface area contributed by atoms with Crippen molar-refractivity contribution in [2.45, 2.75) is 31.5 Å². The van der Waals surface area contributed by atoms with Crippen LogP contribution in [0.1, 0.15) is 36.8 Å². The predicted molar refractivity (Wildman–Crippen MR) is 123 cm³/mol. The number of hydrogen-bond donors (Lipinski definition) is 1. The second-order valence-corrected chi connectivity index (χ2v) is 8.52. The summed E-state index contributed by atoms with van der Waals surface area (Å²) in [5.41, 5.74) is 7.85. The zero-order chi connectivity index (χ0) is 23.0. The Morgan fingerprint density at radius 2 is 1.71 bits per heavy atom. The number of amides is 1. The minimum atomic E-state index is -1.12. The van der Waals surface area contributed by atoms with Gasteiger partial charge in [0.15, 0.2) is 5.79 Å². The van der Waals surface area contributed by atoms with E-state index >= 15 is 0 Å². The van der Waals surface area contributed by atoms with Crippen molar-refractivity contribution in [1.82, 2.24) is 0 Å². The lowest BCUT2D eigenvalue weighted by atomic mass is 10.00. The number of primary amides is 1. The van der Waals surface area contributed by atoms with E-state index < -0.39 is 11.7 Å². The molecule has 0 saturated carbocycles. The Kier molecular flexibility index (Phi) is 9.74. The molecule has 1 heterocycles. The first-order valence-corrected chi connectivity index (χ1v) is 11.1. The lowest BCUT2D eigenvalue weighted by molar-refractivity contribution is -0.221. The quantitative estimate of drug-likeness (QED) is 0.455. The second-order valence-electron chi connectivity index (χ2n) is 6.81. The summed E-state index contributed by atoms with van der Waals surface area (Å²) in [5, 5.41) is 0. The fourth-order valence-corrected chi connectivity index (χ4v) is 4.44. The van der Waals surface area contributed by atoms with Gasteiger partial charge in [-0.05, 0) is 49.2 Å². The summed E-state index contributed by atoms with van der Waals surface area (Å²) in [6, 6.07) is 8.90. The molecule has 0 fully saturated rings. The Bertz CT molecular complexity index is 950. The number of rotatable bonds is 7. The van der Waals surface area contributed by atoms with Gasteiger partial charge in [-0.25, -0.2) is 8.78 Å². The van der Waals surface area contributed by atoms with Crippen LogP contribution in [0.2, 0.25) is 0 Å². The predicted octanol–water partition coefficient (Wildman–Crippen LogP) is 5.47. The number of nitrogens with zero attached hydrogens (tertiary/aromatic N) is 1. The monoisotopic (exact) mass is 560 g/mol. The van der Waals surface area contributed by atoms with Crippen molar-refractivity contribution in [2.24, 2.45) is 10.7 Å². The van der Waals surface area contributed by atoms with Crippen molar-refractivity contribution in [3.8, 4) is 0 Å². The third-order valence-corrected chi connectivity index (χ3v) is 6.13. The van der Waals surface area contributed by atoms with Crippen LogP contribution in [0.25, 0.3) is 0 Å². The highest BCUT2D eigenvalue weighted by atomic mass is 79.9. The highest BCUT2D eigenvalue weighted by Gasteiger charge is 2.34. The molecule has 2 N–H and O–H groups in total. The van der Waals surface area contributed by atoms with E-state index in [-0.39, 0.29) is 24.5 Å². The molecular weight excluding hydrogens is 538 g/mol. The average molecular weight is 562 g/mol. The van der Waals surface area contributed by atoms with E-state index in [1.54, 1.807) is 12.1 Å². The van der Waals surface area contributed by atoms with Gasteiger partial charge in [-0.1, -0.05) is 31.9 Å². The smallest absolute Gasteiger partial charge is 0.217 e. The van der Waals surface area contributed by atoms with Gasteiger partial charge in [-0.2, -0.15) is 0 Å². The minimum Gasteiger partial charge on any atom is -0.370 e. The Labute approximate surface area is 197 Å². The first-order chi connectivity index (χ1) is 14.7. The highest BCUT2D eigenvalue weighted by Crippen LogP contribution is 2.36. The van der Waals surface area contributed by atoms with Gasteiger partial charge in [0, 0.05) is 59.4 Å². The lowest BCUT2D eigenvalue weighted by Gasteiger charge is -2.32. The van der Waals surface area contributed by atoms with Crippen LogP contribution in [0, 0.1) is 11.6 Å². The maximum absolute atomic E-state index is 13.1. The molecule has 2 aromatic carbocycles. The molecule has 168 valence electrons. The third-order valence-electron chi connectivity index (χ3n) is 4.82. The number of carbonyl (C=O) groups excluding carboxylic acids is 1. The maximum atomic E-state index is 13.1. The van der Waals surface area contributed by atoms with Crippen LogP contribution < -0.4 is 5.73 Å². The van der Waals surface area contributed by atoms with E-state index in [1.807, 2.05) is 0 Å². The van der Waals surface area contributed by atoms with Gasteiger partial charge in [-0.3, -0.25) is 9.79 Å². The minimum absolute atomic E-state index is 0.103. The van der Waals surface area contributed by atoms with Crippen LogP contribution in [0.5, 0.6) is 0 Å². The molecule has 5 nitrogen and oxygen atoms in total. The molecule has 31 heavy (non-hydrogen) atoms. The summed E-state index contributed by atoms with van der Waals surface area (Å²) in [7, 11) is 2.92. The Morgan fingerprint density at radius 1 is 1.10 bits per heavy atom. The van der Waals surface area contributed by atoms with Crippen LogP contribution in [-0.2, 0) is 20.1 Å². The normalized spacial score (nSPS) is 13.4. The van der Waals surface area contributed by atoms with Gasteiger partial charge in [0.1, 0.15) is 11.6 Å². The molecule has 0 radical (unpaired) electrons. The summed E-state index contributed by atoms with van der Waals surface area (Å²) in [4.78, 5) is 15.2. The van der Waals surface area contributed by atoms with Crippen LogP contribution >= 0.6 is 31.9 Å². The SMILES string of the molecule is COC(CCC(N)=O)(OC)c1ccc(F)cc1Br.Fc1ccc(C2=NCCC2)c(Br)c1. The van der Waals surface area contributed by atoms with E-state index in [0.29, 0.717) is 10.0 Å². The number of benzene rings is 2. The largest absolute Gasteiger partial charge is 0.370 e. The highest BCUT2D eigenvalue weighted by molar-refractivity contribution is 9.10. The number of halogens is 4. The molecule has 2 aromatic rings. The number of hydrogen-bond acceptors (Lipinski definition) is 4. The van der Waals surface area contributed by atoms with Crippen molar-refractivity contribution in [1.29, 1.82) is 0 Å². The molecule has 9 heteroatoms. The Morgan fingerprint density at radius 3 is 2.19 bits per heavy atom. The summed E-state index contributed by atoms with van der Waals surface area (Å²) in [6.07, 6.45) is 2.47. The molecule has 0 aliphatic carbocycles. The number of ether oxygens (including phenoxy) is 2. The van der Waals surface area contributed by atoms with Gasteiger partial charge in [0.2, 0.25) is 5.91 Å². The topological polar surface area (TPSA) is 73.9 Å². The summed E-state index contributed by atoms with van der Waals surface area (Å²) in [5.74, 6) is -2.16. The first kappa shape index (κ1) is 25.6. The molecule has 0 saturated heterocycles. The number of carbonyl (C=O) groups is 1. The van der Waals surface area contributed by atoms with Crippen LogP contribution in [0.4, 0.5) is 8.78 Å². The summed E-state index contributed by atoms with van der Waals surface area (Å²) in [6.45, 7) is 0.902. The summed E-state index contributed by atoms with van der Waals surface area (Å²) >= 11 is 6.59. The molecule has 1 aliphatic heterocycles. The van der Waals surface area contributed by atoms with Gasteiger partial charge < -0.3 is 15.2 Å². The number of aliphatic imine (C=N–C) groups is 1. The average Bonchev–Trinajstić information content (AvgIpc) is 3.25. The van der Waals surface area contributed by atoms with E-state index in [2.05, 4.69) is 36.9 Å². The van der Waals surface area contributed by atoms with E-state index in [0.717, 1.165) is 35.1 Å². The van der Waals surface area contributed by atoms with Gasteiger partial charge in [-0.15, -0.1) is 0 Å². The Hall–Kier alpha value is -1.68. The second kappa shape index (κ2) is 11.8. The molecule has 1 amide bonds. The summed E-state index contributed by atoms with van der Waals surface area (Å²) < 4.78 is 37.9. The number of methoxy groups -OCH3 is 2. The standard InChI is InChI=1S/C12H15BrFNO3.C10H9BrFN/c1-17-12(18-2,6-5-11(15)16)9-4-3-8(14)7-10(9)13;11-9-6-7(12)3-4-8(9)10-2-1-5-13-10/h3-4,7H,5-6H2,1-2H3,(H2,15,16);3-4,6H,1-2,5H2. The first-order valence-electron chi connectivity index (χ1n) is 9.55. The molecule has 0 bridgehead atoms. The molecule has 0 aromatic heterocycles. The fourth-order valence-electron chi connectivity index (χ4n) is 3.21. The maximum Gasteiger partial charge on any atom is 0.217 e. The molecule has 1 aliphatic rings. The van der Waals surface area contributed by atoms with Crippen LogP contribution in [0.3, 0.4) is 0 Å². The molecule has 0 atom stereocenters. The van der Waals surface area contributed by atoms with Crippen molar-refractivity contribution >= 4 is 43.5 Å². The number of nitrogens with two attached hydrogens (primary N) is 1. The van der Waals surface area contributed by atoms with E-state index in [1.165, 1.54) is 38.5 Å². The fraction of sp³-hybridized carbons (Fsp3) is 0.364. The molecule has 3 rings (SSSR count). The van der Waals surface area contributed by atoms with Gasteiger partial charge >= 0.3 is 0 Å². The van der Waals surface area contributed by atoms with Crippen LogP contribution in [0.15, 0.2) is 50.3 Å². The molecule has 0 unspecified atom stereocenters. The Balaban J connectivity index is 0.000000231. The zero-order valence-electron chi connectivity index (χ0n) is 17.3. The third kappa shape index (κ3) is 6.90. The van der Waals surface area contributed by atoms with Crippen molar-refractivity contribution in [2.75, 3.05) is 20.8 Å². The van der Waals surface area contributed by atoms with Crippen molar-refractivity contribution in [3.63, 3.8) is 0 Å². The van der Waals surface area contributed by atoms with Crippen molar-refractivity contribution < 1.29 is 23.0 Å². The van der Waals surface area contributed by atoms with E-state index in [4.69, 9.17) is 15.2 Å². The van der Waals surface area contributed by atoms with E-state index in [9.17, 15) is 13.6 Å². The van der Waals surface area contributed by atoms with Crippen LogP contribution in [-0.4, -0.2) is 32.4 Å². The molecular formula is C22H24Br2F2N2O3. The zero-order valence-corrected chi connectivity index (χ0v) is 20.4. The van der Waals surface area contributed by atoms with Crippen molar-refractivity contribution in [3.05, 3.63) is 68.1 Å². The van der Waals surface area contributed by atoms with Gasteiger partial charge in [0.25, 0.3) is 0 Å². The molecule has 0 spiro atoms. The van der Waals surface area contributed by atoms with Gasteiger partial charge in [0.05, 0.1) is 0 Å².